The van der Waals surface area contributed by atoms with Crippen molar-refractivity contribution >= 4 is 10.0 Å². The fourth-order valence-corrected chi connectivity index (χ4v) is 4.57. The van der Waals surface area contributed by atoms with E-state index in [2.05, 4.69) is 4.98 Å². The largest absolute Gasteiger partial charge is 0.330 e. The van der Waals surface area contributed by atoms with E-state index in [1.165, 1.54) is 6.20 Å². The van der Waals surface area contributed by atoms with Gasteiger partial charge in [-0.25, -0.2) is 13.4 Å². The van der Waals surface area contributed by atoms with Gasteiger partial charge in [0.25, 0.3) is 10.0 Å². The zero-order valence-corrected chi connectivity index (χ0v) is 11.8. The summed E-state index contributed by atoms with van der Waals surface area (Å²) in [5.41, 5.74) is 5.64. The van der Waals surface area contributed by atoms with Crippen molar-refractivity contribution in [3.05, 3.63) is 12.0 Å². The van der Waals surface area contributed by atoms with Gasteiger partial charge >= 0.3 is 0 Å². The highest BCUT2D eigenvalue weighted by atomic mass is 32.2. The third-order valence-electron chi connectivity index (χ3n) is 4.19. The predicted octanol–water partition coefficient (Wildman–Crippen LogP) is 0.189. The molecule has 106 valence electrons. The van der Waals surface area contributed by atoms with Crippen LogP contribution < -0.4 is 5.73 Å². The van der Waals surface area contributed by atoms with Gasteiger partial charge in [-0.05, 0) is 31.7 Å². The van der Waals surface area contributed by atoms with Crippen LogP contribution in [0.2, 0.25) is 0 Å². The molecule has 0 bridgehead atoms. The van der Waals surface area contributed by atoms with Crippen LogP contribution in [0.1, 0.15) is 25.1 Å². The minimum Gasteiger partial charge on any atom is -0.330 e. The summed E-state index contributed by atoms with van der Waals surface area (Å²) >= 11 is 0. The van der Waals surface area contributed by atoms with Crippen LogP contribution in [0.4, 0.5) is 0 Å². The maximum Gasteiger partial charge on any atom is 0.260 e. The summed E-state index contributed by atoms with van der Waals surface area (Å²) in [6.45, 7) is 2.56. The Bertz CT molecular complexity index is 558. The van der Waals surface area contributed by atoms with E-state index in [4.69, 9.17) is 5.73 Å². The number of aromatic nitrogens is 2. The highest BCUT2D eigenvalue weighted by Gasteiger charge is 2.33. The molecule has 3 heterocycles. The van der Waals surface area contributed by atoms with E-state index in [-0.39, 0.29) is 0 Å². The number of hydrogen-bond donors (Lipinski definition) is 1. The van der Waals surface area contributed by atoms with Gasteiger partial charge in [0.15, 0.2) is 5.03 Å². The maximum absolute atomic E-state index is 12.6. The van der Waals surface area contributed by atoms with Crippen molar-refractivity contribution in [3.63, 3.8) is 0 Å². The van der Waals surface area contributed by atoms with Gasteiger partial charge in [-0.15, -0.1) is 0 Å². The minimum atomic E-state index is -3.38. The normalized spacial score (nSPS) is 21.7. The summed E-state index contributed by atoms with van der Waals surface area (Å²) < 4.78 is 28.7. The van der Waals surface area contributed by atoms with Crippen LogP contribution in [0.5, 0.6) is 0 Å². The molecule has 1 aromatic heterocycles. The van der Waals surface area contributed by atoms with Gasteiger partial charge in [-0.1, -0.05) is 0 Å². The maximum atomic E-state index is 12.6. The predicted molar refractivity (Wildman–Crippen MR) is 71.1 cm³/mol. The molecule has 0 radical (unpaired) electrons. The lowest BCUT2D eigenvalue weighted by Crippen LogP contribution is -2.40. The third-order valence-corrected chi connectivity index (χ3v) is 6.09. The molecule has 1 fully saturated rings. The van der Waals surface area contributed by atoms with Crippen LogP contribution in [0.15, 0.2) is 11.2 Å². The van der Waals surface area contributed by atoms with E-state index in [0.717, 1.165) is 38.1 Å². The molecular weight excluding hydrogens is 264 g/mol. The van der Waals surface area contributed by atoms with Crippen LogP contribution in [0.3, 0.4) is 0 Å². The Morgan fingerprint density at radius 1 is 1.32 bits per heavy atom. The highest BCUT2D eigenvalue weighted by molar-refractivity contribution is 7.89. The topological polar surface area (TPSA) is 81.2 Å². The van der Waals surface area contributed by atoms with Crippen LogP contribution in [-0.2, 0) is 23.0 Å². The van der Waals surface area contributed by atoms with E-state index >= 15 is 0 Å². The molecule has 0 unspecified atom stereocenters. The quantitative estimate of drug-likeness (QED) is 0.859. The van der Waals surface area contributed by atoms with E-state index in [0.29, 0.717) is 30.6 Å². The van der Waals surface area contributed by atoms with Gasteiger partial charge in [0, 0.05) is 26.1 Å². The molecule has 7 heteroatoms. The van der Waals surface area contributed by atoms with Crippen LogP contribution in [0.25, 0.3) is 0 Å². The molecule has 0 amide bonds. The molecule has 2 aliphatic rings. The van der Waals surface area contributed by atoms with Gasteiger partial charge < -0.3 is 10.3 Å². The van der Waals surface area contributed by atoms with E-state index in [1.54, 1.807) is 4.31 Å². The second kappa shape index (κ2) is 4.88. The number of nitrogens with zero attached hydrogens (tertiary/aromatic N) is 3. The van der Waals surface area contributed by atoms with E-state index in [9.17, 15) is 8.42 Å². The van der Waals surface area contributed by atoms with Crippen molar-refractivity contribution in [1.82, 2.24) is 13.9 Å². The Labute approximate surface area is 113 Å². The van der Waals surface area contributed by atoms with Crippen molar-refractivity contribution < 1.29 is 8.42 Å². The number of imidazole rings is 1. The molecule has 0 aromatic carbocycles. The lowest BCUT2D eigenvalue weighted by atomic mass is 9.99. The number of rotatable bonds is 3. The first-order valence-corrected chi connectivity index (χ1v) is 8.31. The van der Waals surface area contributed by atoms with Crippen molar-refractivity contribution in [1.29, 1.82) is 0 Å². The van der Waals surface area contributed by atoms with Crippen LogP contribution in [0, 0.1) is 5.92 Å². The summed E-state index contributed by atoms with van der Waals surface area (Å²) in [7, 11) is -3.38. The molecule has 19 heavy (non-hydrogen) atoms. The summed E-state index contributed by atoms with van der Waals surface area (Å²) in [6, 6.07) is 0. The standard InChI is InChI=1S/C12H20N4O2S/c13-8-10-3-6-15(7-4-10)19(17,18)12-9-14-11-2-1-5-16(11)12/h9-10H,1-8,13H2. The molecule has 1 saturated heterocycles. The smallest absolute Gasteiger partial charge is 0.260 e. The number of nitrogens with two attached hydrogens (primary N) is 1. The number of aryl methyl sites for hydroxylation is 1. The number of piperidine rings is 1. The molecule has 2 N–H and O–H groups in total. The van der Waals surface area contributed by atoms with Gasteiger partial charge in [0.1, 0.15) is 5.82 Å². The van der Waals surface area contributed by atoms with E-state index < -0.39 is 10.0 Å². The van der Waals surface area contributed by atoms with Crippen molar-refractivity contribution in [2.24, 2.45) is 11.7 Å². The molecule has 0 spiro atoms. The fourth-order valence-electron chi connectivity index (χ4n) is 2.95. The molecule has 0 aliphatic carbocycles. The Balaban J connectivity index is 1.83. The first-order chi connectivity index (χ1) is 9.13. The van der Waals surface area contributed by atoms with Crippen molar-refractivity contribution in [2.45, 2.75) is 37.3 Å². The summed E-state index contributed by atoms with van der Waals surface area (Å²) in [6.07, 6.45) is 5.10. The fraction of sp³-hybridized carbons (Fsp3) is 0.750. The molecular formula is C12H20N4O2S. The first kappa shape index (κ1) is 13.1. The number of fused-ring (bicyclic) bond motifs is 1. The Morgan fingerprint density at radius 2 is 2.05 bits per heavy atom. The SMILES string of the molecule is NCC1CCN(S(=O)(=O)c2cnc3n2CCC3)CC1. The van der Waals surface area contributed by atoms with Crippen molar-refractivity contribution in [2.75, 3.05) is 19.6 Å². The molecule has 0 atom stereocenters. The van der Waals surface area contributed by atoms with Gasteiger partial charge in [0.05, 0.1) is 6.20 Å². The Hall–Kier alpha value is -0.920. The van der Waals surface area contributed by atoms with Crippen molar-refractivity contribution in [3.8, 4) is 0 Å². The molecule has 0 saturated carbocycles. The molecule has 3 rings (SSSR count). The lowest BCUT2D eigenvalue weighted by molar-refractivity contribution is 0.277. The first-order valence-electron chi connectivity index (χ1n) is 6.87. The lowest BCUT2D eigenvalue weighted by Gasteiger charge is -2.30. The average molecular weight is 284 g/mol. The van der Waals surface area contributed by atoms with E-state index in [1.807, 2.05) is 4.57 Å². The summed E-state index contributed by atoms with van der Waals surface area (Å²) in [5, 5.41) is 0.367. The number of sulfonamides is 1. The average Bonchev–Trinajstić information content (AvgIpc) is 3.01. The summed E-state index contributed by atoms with van der Waals surface area (Å²) in [4.78, 5) is 4.23. The third kappa shape index (κ3) is 2.19. The van der Waals surface area contributed by atoms with Gasteiger partial charge in [-0.2, -0.15) is 4.31 Å². The summed E-state index contributed by atoms with van der Waals surface area (Å²) in [5.74, 6) is 1.36. The Morgan fingerprint density at radius 3 is 2.74 bits per heavy atom. The van der Waals surface area contributed by atoms with Gasteiger partial charge in [-0.3, -0.25) is 0 Å². The second-order valence-corrected chi connectivity index (χ2v) is 7.24. The van der Waals surface area contributed by atoms with Crippen LogP contribution in [-0.4, -0.2) is 41.9 Å². The minimum absolute atomic E-state index is 0.367. The Kier molecular flexibility index (Phi) is 3.36. The second-order valence-electron chi connectivity index (χ2n) is 5.35. The molecule has 1 aromatic rings. The van der Waals surface area contributed by atoms with Crippen LogP contribution >= 0.6 is 0 Å². The molecule has 6 nitrogen and oxygen atoms in total. The highest BCUT2D eigenvalue weighted by Crippen LogP contribution is 2.26. The zero-order chi connectivity index (χ0) is 13.5. The van der Waals surface area contributed by atoms with Gasteiger partial charge in [0.2, 0.25) is 0 Å². The molecule has 2 aliphatic heterocycles. The number of hydrogen-bond acceptors (Lipinski definition) is 4. The zero-order valence-electron chi connectivity index (χ0n) is 11.0. The monoisotopic (exact) mass is 284 g/mol.